The molecule has 0 spiro atoms. The lowest BCUT2D eigenvalue weighted by atomic mass is 9.95. The van der Waals surface area contributed by atoms with E-state index in [1.54, 1.807) is 0 Å². The van der Waals surface area contributed by atoms with Gasteiger partial charge in [-0.25, -0.2) is 4.79 Å². The van der Waals surface area contributed by atoms with Crippen LogP contribution in [0.5, 0.6) is 11.5 Å². The zero-order valence-corrected chi connectivity index (χ0v) is 20.3. The average molecular weight is 466 g/mol. The van der Waals surface area contributed by atoms with Gasteiger partial charge in [0.1, 0.15) is 24.7 Å². The smallest absolute Gasteiger partial charge is 0.334 e. The lowest BCUT2D eigenvalue weighted by molar-refractivity contribution is -0.138. The van der Waals surface area contributed by atoms with E-state index in [0.717, 1.165) is 78.4 Å². The first kappa shape index (κ1) is 24.1. The van der Waals surface area contributed by atoms with Gasteiger partial charge in [-0.1, -0.05) is 25.5 Å². The fraction of sp³-hybridized carbons (Fsp3) is 0.464. The van der Waals surface area contributed by atoms with Crippen molar-refractivity contribution in [1.29, 1.82) is 0 Å². The monoisotopic (exact) mass is 465 g/mol. The summed E-state index contributed by atoms with van der Waals surface area (Å²) in [5.41, 5.74) is 4.90. The van der Waals surface area contributed by atoms with E-state index in [2.05, 4.69) is 36.1 Å². The van der Waals surface area contributed by atoms with Crippen molar-refractivity contribution >= 4 is 17.7 Å². The molecule has 34 heavy (non-hydrogen) atoms. The normalized spacial score (nSPS) is 16.4. The maximum absolute atomic E-state index is 12.5. The zero-order chi connectivity index (χ0) is 23.8. The van der Waals surface area contributed by atoms with Crippen LogP contribution in [0.2, 0.25) is 0 Å². The van der Waals surface area contributed by atoms with Crippen LogP contribution in [0.3, 0.4) is 0 Å². The largest absolute Gasteiger partial charge is 0.491 e. The average Bonchev–Trinajstić information content (AvgIpc) is 2.84. The van der Waals surface area contributed by atoms with Gasteiger partial charge in [-0.15, -0.1) is 0 Å². The molecule has 0 saturated heterocycles. The summed E-state index contributed by atoms with van der Waals surface area (Å²) >= 11 is 0. The summed E-state index contributed by atoms with van der Waals surface area (Å²) < 4.78 is 22.7. The van der Waals surface area contributed by atoms with Crippen LogP contribution in [0.1, 0.15) is 45.1 Å². The highest BCUT2D eigenvalue weighted by Gasteiger charge is 2.25. The van der Waals surface area contributed by atoms with Crippen molar-refractivity contribution in [3.63, 3.8) is 0 Å². The molecule has 0 atom stereocenters. The molecule has 0 amide bonds. The van der Waals surface area contributed by atoms with Crippen molar-refractivity contribution in [1.82, 2.24) is 0 Å². The highest BCUT2D eigenvalue weighted by Crippen LogP contribution is 2.42. The van der Waals surface area contributed by atoms with E-state index in [-0.39, 0.29) is 5.97 Å². The molecule has 0 saturated carbocycles. The molecule has 2 aromatic carbocycles. The van der Waals surface area contributed by atoms with Gasteiger partial charge >= 0.3 is 5.97 Å². The molecule has 2 heterocycles. The van der Waals surface area contributed by atoms with Crippen LogP contribution in [0, 0.1) is 0 Å². The Balaban J connectivity index is 1.56. The van der Waals surface area contributed by atoms with Crippen LogP contribution < -0.4 is 14.4 Å². The number of benzene rings is 2. The Morgan fingerprint density at radius 2 is 1.88 bits per heavy atom. The van der Waals surface area contributed by atoms with Gasteiger partial charge in [0.15, 0.2) is 0 Å². The van der Waals surface area contributed by atoms with Crippen molar-refractivity contribution < 1.29 is 23.7 Å². The maximum atomic E-state index is 12.5. The van der Waals surface area contributed by atoms with Crippen molar-refractivity contribution in [2.24, 2.45) is 0 Å². The molecule has 6 nitrogen and oxygen atoms in total. The Morgan fingerprint density at radius 1 is 1.03 bits per heavy atom. The van der Waals surface area contributed by atoms with E-state index in [0.29, 0.717) is 32.8 Å². The van der Waals surface area contributed by atoms with E-state index in [4.69, 9.17) is 18.9 Å². The minimum Gasteiger partial charge on any atom is -0.491 e. The van der Waals surface area contributed by atoms with E-state index >= 15 is 0 Å². The van der Waals surface area contributed by atoms with Crippen molar-refractivity contribution in [3.05, 3.63) is 47.5 Å². The quantitative estimate of drug-likeness (QED) is 0.342. The summed E-state index contributed by atoms with van der Waals surface area (Å²) in [6.07, 6.45) is 5.82. The van der Waals surface area contributed by atoms with Gasteiger partial charge in [0, 0.05) is 24.3 Å². The van der Waals surface area contributed by atoms with Crippen molar-refractivity contribution in [2.45, 2.75) is 39.5 Å². The Hall–Kier alpha value is -2.99. The number of nitrogens with zero attached hydrogens (tertiary/aromatic N) is 1. The van der Waals surface area contributed by atoms with Gasteiger partial charge in [0.2, 0.25) is 0 Å². The predicted octanol–water partition coefficient (Wildman–Crippen LogP) is 5.49. The van der Waals surface area contributed by atoms with Gasteiger partial charge in [0.05, 0.1) is 25.4 Å². The second-order valence-corrected chi connectivity index (χ2v) is 8.58. The first-order valence-corrected chi connectivity index (χ1v) is 12.4. The second kappa shape index (κ2) is 11.9. The number of esters is 1. The number of rotatable bonds is 10. The molecular formula is C28H35NO5. The fourth-order valence-electron chi connectivity index (χ4n) is 4.37. The van der Waals surface area contributed by atoms with Crippen LogP contribution in [0.25, 0.3) is 17.2 Å². The first-order valence-electron chi connectivity index (χ1n) is 12.4. The number of hydrogen-bond donors (Lipinski definition) is 0. The number of unbranched alkanes of at least 4 members (excludes halogenated alkanes) is 1. The Labute approximate surface area is 202 Å². The molecule has 0 fully saturated rings. The third-order valence-corrected chi connectivity index (χ3v) is 6.11. The van der Waals surface area contributed by atoms with Crippen LogP contribution >= 0.6 is 0 Å². The molecule has 0 bridgehead atoms. The molecular weight excluding hydrogens is 430 g/mol. The van der Waals surface area contributed by atoms with E-state index in [1.165, 1.54) is 0 Å². The van der Waals surface area contributed by atoms with Crippen LogP contribution in [-0.2, 0) is 14.3 Å². The SMILES string of the molecule is CCCCOCCOc1ccc(-c2cc3c4c(c2)OCCN4CCC/C(C(=O)OCC)=C\3)cc1. The van der Waals surface area contributed by atoms with Crippen LogP contribution in [0.15, 0.2) is 42.0 Å². The molecule has 4 rings (SSSR count). The molecule has 2 aliphatic rings. The summed E-state index contributed by atoms with van der Waals surface area (Å²) in [6.45, 7) is 8.71. The Bertz CT molecular complexity index is 999. The summed E-state index contributed by atoms with van der Waals surface area (Å²) in [5, 5.41) is 0. The Kier molecular flexibility index (Phi) is 8.47. The molecule has 0 unspecified atom stereocenters. The van der Waals surface area contributed by atoms with Gasteiger partial charge in [-0.3, -0.25) is 0 Å². The minimum absolute atomic E-state index is 0.230. The van der Waals surface area contributed by atoms with E-state index in [1.807, 2.05) is 25.1 Å². The summed E-state index contributed by atoms with van der Waals surface area (Å²) in [5.74, 6) is 1.46. The zero-order valence-electron chi connectivity index (χ0n) is 20.3. The number of ether oxygens (including phenoxy) is 4. The molecule has 0 aromatic heterocycles. The molecule has 2 aliphatic heterocycles. The van der Waals surface area contributed by atoms with Gasteiger partial charge < -0.3 is 23.8 Å². The molecule has 182 valence electrons. The van der Waals surface area contributed by atoms with Gasteiger partial charge in [0.25, 0.3) is 0 Å². The highest BCUT2D eigenvalue weighted by molar-refractivity contribution is 5.96. The molecule has 0 N–H and O–H groups in total. The highest BCUT2D eigenvalue weighted by atomic mass is 16.5. The molecule has 0 radical (unpaired) electrons. The third-order valence-electron chi connectivity index (χ3n) is 6.11. The Morgan fingerprint density at radius 3 is 2.68 bits per heavy atom. The predicted molar refractivity (Wildman–Crippen MR) is 135 cm³/mol. The molecule has 2 aromatic rings. The van der Waals surface area contributed by atoms with Gasteiger partial charge in [-0.05, 0) is 67.7 Å². The fourth-order valence-corrected chi connectivity index (χ4v) is 4.37. The first-order chi connectivity index (χ1) is 16.7. The van der Waals surface area contributed by atoms with Crippen molar-refractivity contribution in [2.75, 3.05) is 51.0 Å². The topological polar surface area (TPSA) is 57.2 Å². The third kappa shape index (κ3) is 5.92. The van der Waals surface area contributed by atoms with Gasteiger partial charge in [-0.2, -0.15) is 0 Å². The maximum Gasteiger partial charge on any atom is 0.334 e. The number of carbonyl (C=O) groups is 1. The minimum atomic E-state index is -0.230. The van der Waals surface area contributed by atoms with Crippen molar-refractivity contribution in [3.8, 4) is 22.6 Å². The standard InChI is InChI=1S/C28H35NO5/c1-3-5-14-31-16-17-33-25-10-8-21(9-11-25)23-19-24-18-22(28(30)32-4-2)7-6-12-29-13-15-34-26(20-23)27(24)29/h8-11,18-20H,3-7,12-17H2,1-2H3/b22-18+. The number of anilines is 1. The second-order valence-electron chi connectivity index (χ2n) is 8.58. The summed E-state index contributed by atoms with van der Waals surface area (Å²) in [4.78, 5) is 14.9. The lowest BCUT2D eigenvalue weighted by Gasteiger charge is -2.34. The van der Waals surface area contributed by atoms with E-state index < -0.39 is 0 Å². The number of hydrogen-bond acceptors (Lipinski definition) is 6. The van der Waals surface area contributed by atoms with Crippen LogP contribution in [0.4, 0.5) is 5.69 Å². The number of carbonyl (C=O) groups excluding carboxylic acids is 1. The summed E-state index contributed by atoms with van der Waals surface area (Å²) in [6, 6.07) is 12.3. The molecule has 6 heteroatoms. The summed E-state index contributed by atoms with van der Waals surface area (Å²) in [7, 11) is 0. The molecule has 0 aliphatic carbocycles. The lowest BCUT2D eigenvalue weighted by Crippen LogP contribution is -2.34. The van der Waals surface area contributed by atoms with E-state index in [9.17, 15) is 4.79 Å². The van der Waals surface area contributed by atoms with Crippen LogP contribution in [-0.4, -0.2) is 52.1 Å².